The standard InChI is InChI=1S/C21H35NO2/c1-5-24-15-14-22-20(16-17(2)3)21(12-6-7-13-21)18-8-10-19(23-4)11-9-18/h8-11,17,20,22H,5-7,12-16H2,1-4H3. The molecule has 0 amide bonds. The molecule has 3 nitrogen and oxygen atoms in total. The van der Waals surface area contributed by atoms with E-state index in [1.165, 1.54) is 37.7 Å². The largest absolute Gasteiger partial charge is 0.497 e. The van der Waals surface area contributed by atoms with Crippen LogP contribution < -0.4 is 10.1 Å². The van der Waals surface area contributed by atoms with Crippen LogP contribution in [0.5, 0.6) is 5.75 Å². The van der Waals surface area contributed by atoms with Gasteiger partial charge in [-0.1, -0.05) is 38.8 Å². The third kappa shape index (κ3) is 4.73. The van der Waals surface area contributed by atoms with E-state index in [2.05, 4.69) is 50.4 Å². The van der Waals surface area contributed by atoms with E-state index in [0.29, 0.717) is 12.0 Å². The van der Waals surface area contributed by atoms with Crippen molar-refractivity contribution in [2.75, 3.05) is 26.9 Å². The fourth-order valence-corrected chi connectivity index (χ4v) is 4.19. The van der Waals surface area contributed by atoms with E-state index in [9.17, 15) is 0 Å². The van der Waals surface area contributed by atoms with Crippen LogP contribution in [0.15, 0.2) is 24.3 Å². The summed E-state index contributed by atoms with van der Waals surface area (Å²) < 4.78 is 10.9. The van der Waals surface area contributed by atoms with Gasteiger partial charge in [0.2, 0.25) is 0 Å². The lowest BCUT2D eigenvalue weighted by Gasteiger charge is -2.40. The first-order valence-corrected chi connectivity index (χ1v) is 9.58. The van der Waals surface area contributed by atoms with Gasteiger partial charge in [-0.15, -0.1) is 0 Å². The third-order valence-electron chi connectivity index (χ3n) is 5.38. The second-order valence-corrected chi connectivity index (χ2v) is 7.42. The molecule has 0 bridgehead atoms. The quantitative estimate of drug-likeness (QED) is 0.637. The van der Waals surface area contributed by atoms with Crippen LogP contribution in [-0.4, -0.2) is 32.9 Å². The van der Waals surface area contributed by atoms with Crippen molar-refractivity contribution < 1.29 is 9.47 Å². The molecule has 0 radical (unpaired) electrons. The molecular weight excluding hydrogens is 298 g/mol. The number of ether oxygens (including phenoxy) is 2. The van der Waals surface area contributed by atoms with Gasteiger partial charge in [-0.3, -0.25) is 0 Å². The molecule has 1 saturated carbocycles. The molecular formula is C21H35NO2. The normalized spacial score (nSPS) is 18.0. The molecule has 0 saturated heterocycles. The molecule has 1 aromatic carbocycles. The lowest BCUT2D eigenvalue weighted by molar-refractivity contribution is 0.139. The maximum absolute atomic E-state index is 5.54. The summed E-state index contributed by atoms with van der Waals surface area (Å²) in [7, 11) is 1.73. The first-order chi connectivity index (χ1) is 11.6. The Morgan fingerprint density at radius 1 is 1.12 bits per heavy atom. The molecule has 3 heteroatoms. The van der Waals surface area contributed by atoms with Gasteiger partial charge >= 0.3 is 0 Å². The van der Waals surface area contributed by atoms with Gasteiger partial charge in [-0.2, -0.15) is 0 Å². The summed E-state index contributed by atoms with van der Waals surface area (Å²) in [6.45, 7) is 9.23. The topological polar surface area (TPSA) is 30.5 Å². The van der Waals surface area contributed by atoms with Crippen molar-refractivity contribution in [3.63, 3.8) is 0 Å². The van der Waals surface area contributed by atoms with Gasteiger partial charge < -0.3 is 14.8 Å². The number of nitrogens with one attached hydrogen (secondary N) is 1. The molecule has 0 spiro atoms. The number of hydrogen-bond acceptors (Lipinski definition) is 3. The molecule has 24 heavy (non-hydrogen) atoms. The second kappa shape index (κ2) is 9.43. The summed E-state index contributed by atoms with van der Waals surface area (Å²) in [4.78, 5) is 0. The first kappa shape index (κ1) is 19.3. The van der Waals surface area contributed by atoms with Crippen molar-refractivity contribution in [1.82, 2.24) is 5.32 Å². The van der Waals surface area contributed by atoms with Crippen LogP contribution >= 0.6 is 0 Å². The lowest BCUT2D eigenvalue weighted by Crippen LogP contribution is -2.48. The van der Waals surface area contributed by atoms with Crippen LogP contribution in [0.1, 0.15) is 58.4 Å². The lowest BCUT2D eigenvalue weighted by atomic mass is 9.70. The minimum Gasteiger partial charge on any atom is -0.497 e. The molecule has 2 rings (SSSR count). The minimum absolute atomic E-state index is 0.253. The average molecular weight is 334 g/mol. The summed E-state index contributed by atoms with van der Waals surface area (Å²) in [5.41, 5.74) is 1.72. The fraction of sp³-hybridized carbons (Fsp3) is 0.714. The summed E-state index contributed by atoms with van der Waals surface area (Å²) in [5.74, 6) is 1.63. The van der Waals surface area contributed by atoms with Gasteiger partial charge in [0.15, 0.2) is 0 Å². The van der Waals surface area contributed by atoms with Gasteiger partial charge in [0.1, 0.15) is 5.75 Å². The van der Waals surface area contributed by atoms with Gasteiger partial charge in [0.25, 0.3) is 0 Å². The number of methoxy groups -OCH3 is 1. The molecule has 1 atom stereocenters. The highest BCUT2D eigenvalue weighted by Gasteiger charge is 2.42. The summed E-state index contributed by atoms with van der Waals surface area (Å²) >= 11 is 0. The number of benzene rings is 1. The molecule has 1 aromatic rings. The smallest absolute Gasteiger partial charge is 0.118 e. The molecule has 136 valence electrons. The van der Waals surface area contributed by atoms with Gasteiger partial charge in [0, 0.05) is 24.6 Å². The Balaban J connectivity index is 2.21. The Hall–Kier alpha value is -1.06. The Labute approximate surface area is 148 Å². The van der Waals surface area contributed by atoms with E-state index in [4.69, 9.17) is 9.47 Å². The maximum Gasteiger partial charge on any atom is 0.118 e. The molecule has 0 aromatic heterocycles. The fourth-order valence-electron chi connectivity index (χ4n) is 4.19. The highest BCUT2D eigenvalue weighted by Crippen LogP contribution is 2.45. The summed E-state index contributed by atoms with van der Waals surface area (Å²) in [5, 5.41) is 3.84. The average Bonchev–Trinajstić information content (AvgIpc) is 3.08. The zero-order valence-electron chi connectivity index (χ0n) is 15.9. The predicted molar refractivity (Wildman–Crippen MR) is 101 cm³/mol. The van der Waals surface area contributed by atoms with Crippen LogP contribution in [-0.2, 0) is 10.2 Å². The van der Waals surface area contributed by atoms with Crippen molar-refractivity contribution in [3.05, 3.63) is 29.8 Å². The highest BCUT2D eigenvalue weighted by molar-refractivity contribution is 5.35. The van der Waals surface area contributed by atoms with Crippen molar-refractivity contribution >= 4 is 0 Å². The predicted octanol–water partition coefficient (Wildman–Crippen LogP) is 4.55. The van der Waals surface area contributed by atoms with Gasteiger partial charge in [-0.25, -0.2) is 0 Å². The van der Waals surface area contributed by atoms with Crippen molar-refractivity contribution in [2.24, 2.45) is 5.92 Å². The van der Waals surface area contributed by atoms with E-state index >= 15 is 0 Å². The molecule has 1 N–H and O–H groups in total. The molecule has 1 aliphatic carbocycles. The molecule has 1 aliphatic rings. The zero-order chi connectivity index (χ0) is 17.4. The number of hydrogen-bond donors (Lipinski definition) is 1. The Bertz CT molecular complexity index is 463. The van der Waals surface area contributed by atoms with Crippen LogP contribution in [0.3, 0.4) is 0 Å². The third-order valence-corrected chi connectivity index (χ3v) is 5.38. The molecule has 0 aliphatic heterocycles. The van der Waals surface area contributed by atoms with Crippen LogP contribution in [0.25, 0.3) is 0 Å². The Kier molecular flexibility index (Phi) is 7.57. The molecule has 1 fully saturated rings. The zero-order valence-corrected chi connectivity index (χ0v) is 15.9. The Morgan fingerprint density at radius 3 is 2.33 bits per heavy atom. The monoisotopic (exact) mass is 333 g/mol. The summed E-state index contributed by atoms with van der Waals surface area (Å²) in [6.07, 6.45) is 6.41. The maximum atomic E-state index is 5.54. The minimum atomic E-state index is 0.253. The SMILES string of the molecule is CCOCCNC(CC(C)C)C1(c2ccc(OC)cc2)CCCC1. The molecule has 1 unspecified atom stereocenters. The first-order valence-electron chi connectivity index (χ1n) is 9.58. The van der Waals surface area contributed by atoms with E-state index < -0.39 is 0 Å². The van der Waals surface area contributed by atoms with E-state index in [1.54, 1.807) is 7.11 Å². The highest BCUT2D eigenvalue weighted by atomic mass is 16.5. The van der Waals surface area contributed by atoms with E-state index in [1.807, 2.05) is 0 Å². The van der Waals surface area contributed by atoms with E-state index in [-0.39, 0.29) is 5.41 Å². The Morgan fingerprint density at radius 2 is 1.79 bits per heavy atom. The molecule has 0 heterocycles. The van der Waals surface area contributed by atoms with Crippen LogP contribution in [0, 0.1) is 5.92 Å². The summed E-state index contributed by atoms with van der Waals surface area (Å²) in [6, 6.07) is 9.29. The van der Waals surface area contributed by atoms with Crippen LogP contribution in [0.4, 0.5) is 0 Å². The van der Waals surface area contributed by atoms with Crippen LogP contribution in [0.2, 0.25) is 0 Å². The van der Waals surface area contributed by atoms with Crippen molar-refractivity contribution in [2.45, 2.75) is 64.3 Å². The second-order valence-electron chi connectivity index (χ2n) is 7.42. The van der Waals surface area contributed by atoms with Crippen molar-refractivity contribution in [1.29, 1.82) is 0 Å². The van der Waals surface area contributed by atoms with Gasteiger partial charge in [0.05, 0.1) is 13.7 Å². The van der Waals surface area contributed by atoms with Crippen molar-refractivity contribution in [3.8, 4) is 5.75 Å². The van der Waals surface area contributed by atoms with E-state index in [0.717, 1.165) is 25.5 Å². The van der Waals surface area contributed by atoms with Gasteiger partial charge in [-0.05, 0) is 49.8 Å². The number of rotatable bonds is 10.